The topological polar surface area (TPSA) is 35.5 Å². The monoisotopic (exact) mass is 354 g/mol. The molecule has 1 saturated carbocycles. The molecule has 0 aromatic heterocycles. The molecule has 136 valence electrons. The van der Waals surface area contributed by atoms with Crippen LogP contribution in [0.15, 0.2) is 48.6 Å². The van der Waals surface area contributed by atoms with Crippen LogP contribution < -0.4 is 4.74 Å². The molecular formula is C19H21F3O3. The molecule has 0 aliphatic heterocycles. The van der Waals surface area contributed by atoms with Gasteiger partial charge in [-0.3, -0.25) is 0 Å². The molecule has 2 rings (SSSR count). The Morgan fingerprint density at radius 3 is 2.28 bits per heavy atom. The summed E-state index contributed by atoms with van der Waals surface area (Å²) in [5.41, 5.74) is 0.979. The predicted octanol–water partition coefficient (Wildman–Crippen LogP) is 5.29. The number of benzene rings is 1. The second-order valence-corrected chi connectivity index (χ2v) is 5.91. The van der Waals surface area contributed by atoms with Crippen LogP contribution in [0.4, 0.5) is 13.2 Å². The van der Waals surface area contributed by atoms with E-state index in [0.717, 1.165) is 31.2 Å². The molecule has 0 atom stereocenters. The number of hydrogen-bond donors (Lipinski definition) is 0. The summed E-state index contributed by atoms with van der Waals surface area (Å²) in [7, 11) is 0. The fraction of sp³-hybridized carbons (Fsp3) is 0.421. The van der Waals surface area contributed by atoms with Gasteiger partial charge in [0, 0.05) is 6.08 Å². The normalized spacial score (nSPS) is 21.6. The molecule has 0 spiro atoms. The first-order chi connectivity index (χ1) is 11.9. The average molecular weight is 354 g/mol. The average Bonchev–Trinajstić information content (AvgIpc) is 2.55. The van der Waals surface area contributed by atoms with E-state index in [-0.39, 0.29) is 23.7 Å². The van der Waals surface area contributed by atoms with Gasteiger partial charge in [0.25, 0.3) is 0 Å². The van der Waals surface area contributed by atoms with Gasteiger partial charge in [-0.05, 0) is 56.2 Å². The largest absolute Gasteiger partial charge is 0.573 e. The van der Waals surface area contributed by atoms with E-state index in [4.69, 9.17) is 4.74 Å². The molecule has 1 aliphatic carbocycles. The van der Waals surface area contributed by atoms with Gasteiger partial charge >= 0.3 is 12.3 Å². The second kappa shape index (κ2) is 8.74. The molecule has 0 bridgehead atoms. The van der Waals surface area contributed by atoms with Crippen LogP contribution >= 0.6 is 0 Å². The molecule has 1 aliphatic rings. The fourth-order valence-corrected chi connectivity index (χ4v) is 2.90. The summed E-state index contributed by atoms with van der Waals surface area (Å²) in [5, 5.41) is 0. The SMILES string of the molecule is C/C=C/C=C/C(=O)OC1CCC(c2ccc(OC(F)(F)F)cc2)CC1. The van der Waals surface area contributed by atoms with Crippen molar-refractivity contribution in [2.45, 2.75) is 51.0 Å². The van der Waals surface area contributed by atoms with Crippen molar-refractivity contribution in [3.63, 3.8) is 0 Å². The summed E-state index contributed by atoms with van der Waals surface area (Å²) in [6.45, 7) is 1.86. The summed E-state index contributed by atoms with van der Waals surface area (Å²) < 4.78 is 45.8. The highest BCUT2D eigenvalue weighted by molar-refractivity contribution is 5.82. The number of rotatable bonds is 5. The van der Waals surface area contributed by atoms with Crippen LogP contribution in [0.1, 0.15) is 44.1 Å². The molecule has 0 saturated heterocycles. The molecule has 1 fully saturated rings. The van der Waals surface area contributed by atoms with Crippen molar-refractivity contribution in [1.29, 1.82) is 0 Å². The van der Waals surface area contributed by atoms with Gasteiger partial charge in [-0.1, -0.05) is 30.4 Å². The number of halogens is 3. The van der Waals surface area contributed by atoms with E-state index in [1.165, 1.54) is 18.2 Å². The summed E-state index contributed by atoms with van der Waals surface area (Å²) >= 11 is 0. The zero-order valence-corrected chi connectivity index (χ0v) is 14.0. The Kier molecular flexibility index (Phi) is 6.67. The quantitative estimate of drug-likeness (QED) is 0.410. The summed E-state index contributed by atoms with van der Waals surface area (Å²) in [5.74, 6) is -0.310. The maximum atomic E-state index is 12.2. The van der Waals surface area contributed by atoms with Gasteiger partial charge in [-0.2, -0.15) is 0 Å². The van der Waals surface area contributed by atoms with E-state index in [1.807, 2.05) is 13.0 Å². The lowest BCUT2D eigenvalue weighted by Crippen LogP contribution is -2.23. The third-order valence-electron chi connectivity index (χ3n) is 4.08. The Morgan fingerprint density at radius 2 is 1.72 bits per heavy atom. The third-order valence-corrected chi connectivity index (χ3v) is 4.08. The Morgan fingerprint density at radius 1 is 1.08 bits per heavy atom. The number of esters is 1. The van der Waals surface area contributed by atoms with Crippen molar-refractivity contribution < 1.29 is 27.4 Å². The maximum absolute atomic E-state index is 12.2. The molecule has 0 heterocycles. The lowest BCUT2D eigenvalue weighted by atomic mass is 9.83. The molecule has 0 radical (unpaired) electrons. The predicted molar refractivity (Wildman–Crippen MR) is 88.2 cm³/mol. The lowest BCUT2D eigenvalue weighted by molar-refractivity contribution is -0.274. The van der Waals surface area contributed by atoms with Crippen LogP contribution in [0, 0.1) is 0 Å². The third kappa shape index (κ3) is 6.64. The van der Waals surface area contributed by atoms with Gasteiger partial charge in [0.15, 0.2) is 0 Å². The summed E-state index contributed by atoms with van der Waals surface area (Å²) in [4.78, 5) is 11.6. The van der Waals surface area contributed by atoms with Crippen molar-refractivity contribution >= 4 is 5.97 Å². The molecule has 1 aromatic carbocycles. The molecule has 0 unspecified atom stereocenters. The minimum atomic E-state index is -4.68. The molecule has 3 nitrogen and oxygen atoms in total. The van der Waals surface area contributed by atoms with Crippen LogP contribution in [0.25, 0.3) is 0 Å². The molecule has 6 heteroatoms. The number of carbonyl (C=O) groups is 1. The maximum Gasteiger partial charge on any atom is 0.573 e. The standard InChI is InChI=1S/C19H21F3O3/c1-2-3-4-5-18(23)24-16-10-6-14(7-11-16)15-8-12-17(13-9-15)25-19(20,21)22/h2-5,8-9,12-14,16H,6-7,10-11H2,1H3/b3-2+,5-4+. The second-order valence-electron chi connectivity index (χ2n) is 5.91. The number of alkyl halides is 3. The van der Waals surface area contributed by atoms with E-state index < -0.39 is 6.36 Å². The van der Waals surface area contributed by atoms with Crippen molar-refractivity contribution in [2.75, 3.05) is 0 Å². The van der Waals surface area contributed by atoms with Gasteiger partial charge in [0.1, 0.15) is 11.9 Å². The van der Waals surface area contributed by atoms with Gasteiger partial charge in [0.2, 0.25) is 0 Å². The van der Waals surface area contributed by atoms with Crippen molar-refractivity contribution in [1.82, 2.24) is 0 Å². The van der Waals surface area contributed by atoms with Crippen molar-refractivity contribution in [3.8, 4) is 5.75 Å². The molecule has 1 aromatic rings. The molecule has 25 heavy (non-hydrogen) atoms. The molecular weight excluding hydrogens is 333 g/mol. The molecule has 0 N–H and O–H groups in total. The van der Waals surface area contributed by atoms with Crippen molar-refractivity contribution in [3.05, 3.63) is 54.1 Å². The van der Waals surface area contributed by atoms with Crippen molar-refractivity contribution in [2.24, 2.45) is 0 Å². The van der Waals surface area contributed by atoms with Crippen LogP contribution in [-0.4, -0.2) is 18.4 Å². The Bertz CT molecular complexity index is 610. The van der Waals surface area contributed by atoms with Crippen LogP contribution in [0.3, 0.4) is 0 Å². The van der Waals surface area contributed by atoms with E-state index in [1.54, 1.807) is 24.3 Å². The summed E-state index contributed by atoms with van der Waals surface area (Å²) in [6, 6.07) is 6.00. The summed E-state index contributed by atoms with van der Waals surface area (Å²) in [6.07, 6.45) is 4.97. The van der Waals surface area contributed by atoms with E-state index in [9.17, 15) is 18.0 Å². The fourth-order valence-electron chi connectivity index (χ4n) is 2.90. The number of allylic oxidation sites excluding steroid dienone is 3. The first-order valence-corrected chi connectivity index (χ1v) is 8.23. The highest BCUT2D eigenvalue weighted by Gasteiger charge is 2.31. The minimum Gasteiger partial charge on any atom is -0.459 e. The zero-order valence-electron chi connectivity index (χ0n) is 14.0. The molecule has 0 amide bonds. The Hall–Kier alpha value is -2.24. The Balaban J connectivity index is 1.82. The lowest BCUT2D eigenvalue weighted by Gasteiger charge is -2.28. The van der Waals surface area contributed by atoms with E-state index in [2.05, 4.69) is 4.74 Å². The van der Waals surface area contributed by atoms with Crippen LogP contribution in [-0.2, 0) is 9.53 Å². The smallest absolute Gasteiger partial charge is 0.459 e. The van der Waals surface area contributed by atoms with Gasteiger partial charge in [-0.25, -0.2) is 4.79 Å². The van der Waals surface area contributed by atoms with Gasteiger partial charge < -0.3 is 9.47 Å². The van der Waals surface area contributed by atoms with Crippen LogP contribution in [0.5, 0.6) is 5.75 Å². The highest BCUT2D eigenvalue weighted by atomic mass is 19.4. The van der Waals surface area contributed by atoms with Gasteiger partial charge in [-0.15, -0.1) is 13.2 Å². The van der Waals surface area contributed by atoms with Crippen LogP contribution in [0.2, 0.25) is 0 Å². The minimum absolute atomic E-state index is 0.105. The van der Waals surface area contributed by atoms with E-state index >= 15 is 0 Å². The number of ether oxygens (including phenoxy) is 2. The number of hydrogen-bond acceptors (Lipinski definition) is 3. The first-order valence-electron chi connectivity index (χ1n) is 8.23. The van der Waals surface area contributed by atoms with Gasteiger partial charge in [0.05, 0.1) is 0 Å². The number of carbonyl (C=O) groups excluding carboxylic acids is 1. The highest BCUT2D eigenvalue weighted by Crippen LogP contribution is 2.35. The first kappa shape index (κ1) is 19.1. The Labute approximate surface area is 145 Å². The zero-order chi connectivity index (χ0) is 18.3. The van der Waals surface area contributed by atoms with E-state index in [0.29, 0.717) is 0 Å².